The predicted molar refractivity (Wildman–Crippen MR) is 98.7 cm³/mol. The molecule has 0 spiro atoms. The van der Waals surface area contributed by atoms with Gasteiger partial charge >= 0.3 is 0 Å². The highest BCUT2D eigenvalue weighted by atomic mass is 16.6. The van der Waals surface area contributed by atoms with E-state index in [2.05, 4.69) is 5.32 Å². The monoisotopic (exact) mass is 348 g/mol. The van der Waals surface area contributed by atoms with E-state index in [1.165, 1.54) is 12.1 Å². The minimum Gasteiger partial charge on any atom is -0.457 e. The summed E-state index contributed by atoms with van der Waals surface area (Å²) in [6, 6.07) is 20.1. The average Bonchev–Trinajstić information content (AvgIpc) is 2.65. The van der Waals surface area contributed by atoms with Crippen LogP contribution in [0.2, 0.25) is 0 Å². The van der Waals surface area contributed by atoms with Crippen molar-refractivity contribution in [1.29, 1.82) is 0 Å². The topological polar surface area (TPSA) is 81.5 Å². The van der Waals surface area contributed by atoms with Crippen LogP contribution >= 0.6 is 0 Å². The first kappa shape index (κ1) is 17.2. The van der Waals surface area contributed by atoms with E-state index in [-0.39, 0.29) is 11.6 Å². The van der Waals surface area contributed by atoms with Gasteiger partial charge in [0, 0.05) is 23.4 Å². The van der Waals surface area contributed by atoms with Gasteiger partial charge < -0.3 is 10.1 Å². The van der Waals surface area contributed by atoms with Crippen molar-refractivity contribution in [2.24, 2.45) is 0 Å². The first-order chi connectivity index (χ1) is 12.5. The maximum atomic E-state index is 12.3. The molecule has 0 aliphatic carbocycles. The summed E-state index contributed by atoms with van der Waals surface area (Å²) < 4.78 is 5.70. The molecule has 3 aromatic rings. The number of nitrogens with one attached hydrogen (secondary N) is 1. The van der Waals surface area contributed by atoms with Crippen molar-refractivity contribution in [3.05, 3.63) is 94.0 Å². The molecule has 0 saturated heterocycles. The molecular formula is C20H16N2O4. The molecule has 6 nitrogen and oxygen atoms in total. The van der Waals surface area contributed by atoms with Crippen LogP contribution in [-0.4, -0.2) is 10.8 Å². The van der Waals surface area contributed by atoms with Crippen LogP contribution in [0.5, 0.6) is 11.5 Å². The Morgan fingerprint density at radius 3 is 2.42 bits per heavy atom. The number of nitro groups is 1. The SMILES string of the molecule is Cc1ccc(Oc2cccc([N+](=O)[O-])c2)cc1NC(=O)c1ccccc1. The molecule has 0 heterocycles. The van der Waals surface area contributed by atoms with Gasteiger partial charge in [-0.15, -0.1) is 0 Å². The minimum absolute atomic E-state index is 0.0489. The Morgan fingerprint density at radius 2 is 1.69 bits per heavy atom. The number of nitrogens with zero attached hydrogens (tertiary/aromatic N) is 1. The van der Waals surface area contributed by atoms with Gasteiger partial charge in [0.2, 0.25) is 0 Å². The molecule has 6 heteroatoms. The number of hydrogen-bond donors (Lipinski definition) is 1. The number of aryl methyl sites for hydroxylation is 1. The van der Waals surface area contributed by atoms with Crippen molar-refractivity contribution in [1.82, 2.24) is 0 Å². The van der Waals surface area contributed by atoms with E-state index in [0.29, 0.717) is 22.7 Å². The Labute approximate surface area is 150 Å². The lowest BCUT2D eigenvalue weighted by Gasteiger charge is -2.11. The second kappa shape index (κ2) is 7.48. The lowest BCUT2D eigenvalue weighted by atomic mass is 10.1. The number of hydrogen-bond acceptors (Lipinski definition) is 4. The van der Waals surface area contributed by atoms with E-state index in [9.17, 15) is 14.9 Å². The summed E-state index contributed by atoms with van der Waals surface area (Å²) in [5.41, 5.74) is 1.99. The van der Waals surface area contributed by atoms with Crippen molar-refractivity contribution in [3.63, 3.8) is 0 Å². The van der Waals surface area contributed by atoms with E-state index in [1.807, 2.05) is 19.1 Å². The second-order valence-electron chi connectivity index (χ2n) is 5.65. The quantitative estimate of drug-likeness (QED) is 0.522. The van der Waals surface area contributed by atoms with E-state index in [0.717, 1.165) is 5.56 Å². The standard InChI is InChI=1S/C20H16N2O4/c1-14-10-11-18(26-17-9-5-8-16(12-17)22(24)25)13-19(14)21-20(23)15-6-3-2-4-7-15/h2-13H,1H3,(H,21,23). The normalized spacial score (nSPS) is 10.2. The molecule has 1 amide bonds. The molecular weight excluding hydrogens is 332 g/mol. The molecule has 1 N–H and O–H groups in total. The van der Waals surface area contributed by atoms with Gasteiger partial charge in [-0.25, -0.2) is 0 Å². The summed E-state index contributed by atoms with van der Waals surface area (Å²) in [4.78, 5) is 22.7. The van der Waals surface area contributed by atoms with Crippen LogP contribution in [0.4, 0.5) is 11.4 Å². The third-order valence-electron chi connectivity index (χ3n) is 3.76. The number of amides is 1. The number of anilines is 1. The molecule has 3 rings (SSSR count). The molecule has 130 valence electrons. The third kappa shape index (κ3) is 4.05. The molecule has 0 aliphatic heterocycles. The van der Waals surface area contributed by atoms with Crippen LogP contribution in [0.3, 0.4) is 0 Å². The van der Waals surface area contributed by atoms with Crippen molar-refractivity contribution in [2.45, 2.75) is 6.92 Å². The summed E-state index contributed by atoms with van der Waals surface area (Å²) in [6.07, 6.45) is 0. The number of non-ortho nitro benzene ring substituents is 1. The molecule has 0 unspecified atom stereocenters. The lowest BCUT2D eigenvalue weighted by Crippen LogP contribution is -2.12. The summed E-state index contributed by atoms with van der Waals surface area (Å²) in [5, 5.41) is 13.7. The Hall–Kier alpha value is -3.67. The zero-order valence-electron chi connectivity index (χ0n) is 14.0. The van der Waals surface area contributed by atoms with E-state index >= 15 is 0 Å². The average molecular weight is 348 g/mol. The largest absolute Gasteiger partial charge is 0.457 e. The Morgan fingerprint density at radius 1 is 0.962 bits per heavy atom. The van der Waals surface area contributed by atoms with Crippen LogP contribution in [-0.2, 0) is 0 Å². The molecule has 3 aromatic carbocycles. The Balaban J connectivity index is 1.80. The van der Waals surface area contributed by atoms with Gasteiger partial charge in [-0.2, -0.15) is 0 Å². The van der Waals surface area contributed by atoms with Gasteiger partial charge in [0.25, 0.3) is 11.6 Å². The molecule has 26 heavy (non-hydrogen) atoms. The van der Waals surface area contributed by atoms with Gasteiger partial charge in [-0.3, -0.25) is 14.9 Å². The predicted octanol–water partition coefficient (Wildman–Crippen LogP) is 4.95. The Bertz CT molecular complexity index is 955. The van der Waals surface area contributed by atoms with Crippen LogP contribution in [0, 0.1) is 17.0 Å². The highest BCUT2D eigenvalue weighted by Crippen LogP contribution is 2.28. The highest BCUT2D eigenvalue weighted by molar-refractivity contribution is 6.04. The molecule has 0 bridgehead atoms. The van der Waals surface area contributed by atoms with Crippen molar-refractivity contribution < 1.29 is 14.5 Å². The minimum atomic E-state index is -0.479. The highest BCUT2D eigenvalue weighted by Gasteiger charge is 2.10. The van der Waals surface area contributed by atoms with Crippen LogP contribution in [0.25, 0.3) is 0 Å². The fourth-order valence-electron chi connectivity index (χ4n) is 2.38. The van der Waals surface area contributed by atoms with Crippen LogP contribution in [0.1, 0.15) is 15.9 Å². The van der Waals surface area contributed by atoms with E-state index in [1.54, 1.807) is 48.5 Å². The first-order valence-electron chi connectivity index (χ1n) is 7.92. The molecule has 0 saturated carbocycles. The number of nitro benzene ring substituents is 1. The molecule has 0 atom stereocenters. The summed E-state index contributed by atoms with van der Waals surface area (Å²) in [6.45, 7) is 1.87. The molecule has 0 radical (unpaired) electrons. The van der Waals surface area contributed by atoms with Crippen LogP contribution in [0.15, 0.2) is 72.8 Å². The maximum absolute atomic E-state index is 12.3. The molecule has 0 aliphatic rings. The summed E-state index contributed by atoms with van der Waals surface area (Å²) in [7, 11) is 0. The maximum Gasteiger partial charge on any atom is 0.273 e. The van der Waals surface area contributed by atoms with Gasteiger partial charge in [0.05, 0.1) is 11.0 Å². The zero-order chi connectivity index (χ0) is 18.5. The fraction of sp³-hybridized carbons (Fsp3) is 0.0500. The van der Waals surface area contributed by atoms with Crippen LogP contribution < -0.4 is 10.1 Å². The summed E-state index contributed by atoms with van der Waals surface area (Å²) in [5.74, 6) is 0.601. The smallest absolute Gasteiger partial charge is 0.273 e. The van der Waals surface area contributed by atoms with Gasteiger partial charge in [-0.1, -0.05) is 30.3 Å². The van der Waals surface area contributed by atoms with Crippen molar-refractivity contribution in [2.75, 3.05) is 5.32 Å². The first-order valence-corrected chi connectivity index (χ1v) is 7.92. The number of carbonyl (C=O) groups excluding carboxylic acids is 1. The number of carbonyl (C=O) groups is 1. The van der Waals surface area contributed by atoms with Gasteiger partial charge in [0.15, 0.2) is 0 Å². The van der Waals surface area contributed by atoms with Crippen molar-refractivity contribution >= 4 is 17.3 Å². The third-order valence-corrected chi connectivity index (χ3v) is 3.76. The molecule has 0 aromatic heterocycles. The zero-order valence-corrected chi connectivity index (χ0v) is 14.0. The Kier molecular flexibility index (Phi) is 4.94. The molecule has 0 fully saturated rings. The lowest BCUT2D eigenvalue weighted by molar-refractivity contribution is -0.384. The van der Waals surface area contributed by atoms with Crippen molar-refractivity contribution in [3.8, 4) is 11.5 Å². The van der Waals surface area contributed by atoms with Gasteiger partial charge in [-0.05, 0) is 36.8 Å². The number of ether oxygens (including phenoxy) is 1. The second-order valence-corrected chi connectivity index (χ2v) is 5.65. The fourth-order valence-corrected chi connectivity index (χ4v) is 2.38. The van der Waals surface area contributed by atoms with E-state index < -0.39 is 4.92 Å². The van der Waals surface area contributed by atoms with Gasteiger partial charge in [0.1, 0.15) is 11.5 Å². The number of rotatable bonds is 5. The van der Waals surface area contributed by atoms with E-state index in [4.69, 9.17) is 4.74 Å². The number of benzene rings is 3. The summed E-state index contributed by atoms with van der Waals surface area (Å²) >= 11 is 0.